The van der Waals surface area contributed by atoms with Crippen LogP contribution in [0.3, 0.4) is 0 Å². The molecule has 1 N–H and O–H groups in total. The second kappa shape index (κ2) is 7.85. The van der Waals surface area contributed by atoms with Crippen molar-refractivity contribution in [3.8, 4) is 0 Å². The van der Waals surface area contributed by atoms with E-state index in [0.717, 1.165) is 12.8 Å². The number of ketones is 1. The van der Waals surface area contributed by atoms with Crippen LogP contribution in [-0.2, 0) is 16.6 Å². The van der Waals surface area contributed by atoms with Gasteiger partial charge in [-0.05, 0) is 38.2 Å². The Morgan fingerprint density at radius 2 is 1.96 bits per heavy atom. The van der Waals surface area contributed by atoms with Gasteiger partial charge in [-0.25, -0.2) is 4.79 Å². The van der Waals surface area contributed by atoms with E-state index in [0.29, 0.717) is 17.4 Å². The van der Waals surface area contributed by atoms with Crippen LogP contribution in [0, 0.1) is 11.8 Å². The lowest BCUT2D eigenvalue weighted by Crippen LogP contribution is -2.47. The van der Waals surface area contributed by atoms with Gasteiger partial charge >= 0.3 is 5.97 Å². The Kier molecular flexibility index (Phi) is 6.03. The summed E-state index contributed by atoms with van der Waals surface area (Å²) in [7, 11) is 1.67. The van der Waals surface area contributed by atoms with Crippen LogP contribution >= 0.6 is 0 Å². The monoisotopic (exact) mass is 348 g/mol. The standard InChI is InChI=1S/C19H28N2O4/c1-11-7-6-8-16(12(11)2)20-18(23)14(4)25-19(24)17-9-15(13(3)22)10-21(17)5/h9-12,14,16H,6-8H2,1-5H3,(H,20,23)/t11-,12+,14+,16+/m0/s1. The molecule has 1 aliphatic rings. The minimum absolute atomic E-state index is 0.122. The molecule has 0 radical (unpaired) electrons. The second-order valence-corrected chi connectivity index (χ2v) is 7.21. The third kappa shape index (κ3) is 4.50. The lowest BCUT2D eigenvalue weighted by atomic mass is 9.78. The topological polar surface area (TPSA) is 77.4 Å². The first kappa shape index (κ1) is 19.2. The van der Waals surface area contributed by atoms with Crippen LogP contribution in [0.4, 0.5) is 0 Å². The van der Waals surface area contributed by atoms with Gasteiger partial charge in [0.2, 0.25) is 0 Å². The summed E-state index contributed by atoms with van der Waals surface area (Å²) in [6.45, 7) is 7.36. The van der Waals surface area contributed by atoms with Crippen molar-refractivity contribution in [1.29, 1.82) is 0 Å². The number of carbonyl (C=O) groups excluding carboxylic acids is 3. The fraction of sp³-hybridized carbons (Fsp3) is 0.632. The number of aryl methyl sites for hydroxylation is 1. The average molecular weight is 348 g/mol. The van der Waals surface area contributed by atoms with Crippen LogP contribution in [0.15, 0.2) is 12.3 Å². The molecule has 1 aromatic heterocycles. The number of rotatable bonds is 5. The first-order valence-corrected chi connectivity index (χ1v) is 8.89. The number of carbonyl (C=O) groups is 3. The predicted molar refractivity (Wildman–Crippen MR) is 94.4 cm³/mol. The van der Waals surface area contributed by atoms with E-state index in [-0.39, 0.29) is 23.4 Å². The van der Waals surface area contributed by atoms with Crippen molar-refractivity contribution in [3.63, 3.8) is 0 Å². The third-order valence-corrected chi connectivity index (χ3v) is 5.31. The fourth-order valence-corrected chi connectivity index (χ4v) is 3.32. The van der Waals surface area contributed by atoms with E-state index in [9.17, 15) is 14.4 Å². The molecule has 0 spiro atoms. The molecule has 2 rings (SSSR count). The molecule has 1 aliphatic carbocycles. The highest BCUT2D eigenvalue weighted by atomic mass is 16.5. The Morgan fingerprint density at radius 3 is 2.56 bits per heavy atom. The number of hydrogen-bond donors (Lipinski definition) is 1. The Bertz CT molecular complexity index is 664. The number of ether oxygens (including phenoxy) is 1. The normalized spacial score (nSPS) is 24.4. The molecule has 4 atom stereocenters. The van der Waals surface area contributed by atoms with Gasteiger partial charge in [0.05, 0.1) is 0 Å². The zero-order valence-electron chi connectivity index (χ0n) is 15.7. The van der Waals surface area contributed by atoms with Crippen LogP contribution in [0.2, 0.25) is 0 Å². The van der Waals surface area contributed by atoms with Crippen molar-refractivity contribution in [1.82, 2.24) is 9.88 Å². The number of nitrogens with one attached hydrogen (secondary N) is 1. The first-order valence-electron chi connectivity index (χ1n) is 8.89. The van der Waals surface area contributed by atoms with Gasteiger partial charge in [-0.1, -0.05) is 26.7 Å². The van der Waals surface area contributed by atoms with Gasteiger partial charge in [-0.15, -0.1) is 0 Å². The molecule has 1 fully saturated rings. The summed E-state index contributed by atoms with van der Waals surface area (Å²) in [5, 5.41) is 3.02. The molecule has 1 heterocycles. The van der Waals surface area contributed by atoms with Crippen molar-refractivity contribution >= 4 is 17.7 Å². The third-order valence-electron chi connectivity index (χ3n) is 5.31. The van der Waals surface area contributed by atoms with Crippen LogP contribution in [-0.4, -0.2) is 34.4 Å². The summed E-state index contributed by atoms with van der Waals surface area (Å²) >= 11 is 0. The van der Waals surface area contributed by atoms with Gasteiger partial charge in [-0.2, -0.15) is 0 Å². The molecule has 1 saturated carbocycles. The minimum Gasteiger partial charge on any atom is -0.448 e. The molecular weight excluding hydrogens is 320 g/mol. The summed E-state index contributed by atoms with van der Waals surface area (Å²) < 4.78 is 6.83. The number of nitrogens with zero attached hydrogens (tertiary/aromatic N) is 1. The molecular formula is C19H28N2O4. The molecule has 25 heavy (non-hydrogen) atoms. The van der Waals surface area contributed by atoms with Crippen molar-refractivity contribution in [2.75, 3.05) is 0 Å². The number of esters is 1. The van der Waals surface area contributed by atoms with Gasteiger partial charge in [0.15, 0.2) is 11.9 Å². The molecule has 0 aliphatic heterocycles. The SMILES string of the molecule is CC(=O)c1cc(C(=O)O[C@H](C)C(=O)N[C@@H]2CCC[C@H](C)[C@H]2C)n(C)c1. The lowest BCUT2D eigenvalue weighted by molar-refractivity contribution is -0.130. The van der Waals surface area contributed by atoms with E-state index in [4.69, 9.17) is 4.74 Å². The van der Waals surface area contributed by atoms with Crippen molar-refractivity contribution in [2.24, 2.45) is 18.9 Å². The molecule has 0 aromatic carbocycles. The molecule has 138 valence electrons. The highest BCUT2D eigenvalue weighted by molar-refractivity contribution is 5.98. The molecule has 0 unspecified atom stereocenters. The molecule has 1 aromatic rings. The number of hydrogen-bond acceptors (Lipinski definition) is 4. The van der Waals surface area contributed by atoms with Crippen LogP contribution in [0.25, 0.3) is 0 Å². The first-order chi connectivity index (χ1) is 11.7. The summed E-state index contributed by atoms with van der Waals surface area (Å²) in [6.07, 6.45) is 3.94. The summed E-state index contributed by atoms with van der Waals surface area (Å²) in [5.41, 5.74) is 0.695. The van der Waals surface area contributed by atoms with E-state index >= 15 is 0 Å². The highest BCUT2D eigenvalue weighted by Gasteiger charge is 2.30. The number of amides is 1. The van der Waals surface area contributed by atoms with Crippen molar-refractivity contribution in [3.05, 3.63) is 23.5 Å². The van der Waals surface area contributed by atoms with E-state index < -0.39 is 12.1 Å². The molecule has 1 amide bonds. The molecule has 6 nitrogen and oxygen atoms in total. The van der Waals surface area contributed by atoms with Gasteiger partial charge in [0.1, 0.15) is 5.69 Å². The van der Waals surface area contributed by atoms with Gasteiger partial charge in [0, 0.05) is 24.8 Å². The van der Waals surface area contributed by atoms with E-state index in [2.05, 4.69) is 19.2 Å². The molecule has 6 heteroatoms. The highest BCUT2D eigenvalue weighted by Crippen LogP contribution is 2.29. The largest absolute Gasteiger partial charge is 0.448 e. The smallest absolute Gasteiger partial charge is 0.355 e. The Hall–Kier alpha value is -2.11. The van der Waals surface area contributed by atoms with Crippen LogP contribution in [0.1, 0.15) is 67.8 Å². The quantitative estimate of drug-likeness (QED) is 0.655. The molecule has 0 saturated heterocycles. The van der Waals surface area contributed by atoms with Crippen LogP contribution < -0.4 is 5.32 Å². The minimum atomic E-state index is -0.882. The van der Waals surface area contributed by atoms with Crippen molar-refractivity contribution in [2.45, 2.75) is 59.1 Å². The zero-order valence-corrected chi connectivity index (χ0v) is 15.7. The number of Topliss-reactive ketones (excluding diaryl/α,β-unsaturated/α-hetero) is 1. The maximum Gasteiger partial charge on any atom is 0.355 e. The second-order valence-electron chi connectivity index (χ2n) is 7.21. The number of aromatic nitrogens is 1. The Labute approximate surface area is 148 Å². The average Bonchev–Trinajstić information content (AvgIpc) is 2.94. The molecule has 0 bridgehead atoms. The van der Waals surface area contributed by atoms with Crippen molar-refractivity contribution < 1.29 is 19.1 Å². The maximum atomic E-state index is 12.4. The van der Waals surface area contributed by atoms with E-state index in [1.54, 1.807) is 20.2 Å². The van der Waals surface area contributed by atoms with Gasteiger partial charge in [-0.3, -0.25) is 9.59 Å². The van der Waals surface area contributed by atoms with E-state index in [1.165, 1.54) is 24.0 Å². The van der Waals surface area contributed by atoms with Crippen LogP contribution in [0.5, 0.6) is 0 Å². The summed E-state index contributed by atoms with van der Waals surface area (Å²) in [6, 6.07) is 1.61. The fourth-order valence-electron chi connectivity index (χ4n) is 3.32. The Balaban J connectivity index is 1.96. The summed E-state index contributed by atoms with van der Waals surface area (Å²) in [4.78, 5) is 36.1. The van der Waals surface area contributed by atoms with E-state index in [1.807, 2.05) is 0 Å². The van der Waals surface area contributed by atoms with Gasteiger partial charge < -0.3 is 14.6 Å². The zero-order chi connectivity index (χ0) is 18.7. The summed E-state index contributed by atoms with van der Waals surface area (Å²) in [5.74, 6) is -0.0271. The predicted octanol–water partition coefficient (Wildman–Crippen LogP) is 2.71. The van der Waals surface area contributed by atoms with Gasteiger partial charge in [0.25, 0.3) is 5.91 Å². The maximum absolute atomic E-state index is 12.4. The Morgan fingerprint density at radius 1 is 1.28 bits per heavy atom. The lowest BCUT2D eigenvalue weighted by Gasteiger charge is -2.35.